The van der Waals surface area contributed by atoms with E-state index in [1.165, 1.54) is 33.3 Å². The summed E-state index contributed by atoms with van der Waals surface area (Å²) in [6.45, 7) is 7.40. The molecule has 0 N–H and O–H groups in total. The van der Waals surface area contributed by atoms with Gasteiger partial charge in [-0.25, -0.2) is 8.42 Å². The molecule has 5 rings (SSSR count). The molecule has 0 spiro atoms. The molecule has 3 aromatic carbocycles. The number of sulfonamides is 1. The topological polar surface area (TPSA) is 60.9 Å². The molecule has 37 heavy (non-hydrogen) atoms. The maximum absolute atomic E-state index is 13.9. The Hall–Kier alpha value is -2.87. The van der Waals surface area contributed by atoms with Gasteiger partial charge in [-0.05, 0) is 60.9 Å². The molecule has 6 nitrogen and oxygen atoms in total. The van der Waals surface area contributed by atoms with Gasteiger partial charge in [0.2, 0.25) is 15.9 Å². The van der Waals surface area contributed by atoms with E-state index in [1.807, 2.05) is 35.2 Å². The first kappa shape index (κ1) is 25.8. The fourth-order valence-corrected chi connectivity index (χ4v) is 7.09. The van der Waals surface area contributed by atoms with Crippen LogP contribution in [0.3, 0.4) is 0 Å². The SMILES string of the molecule is Cc1ccc(C)c(N2CCN(C(=O)C3CN(S(=O)(=O)c4ccc(Cl)cc4)CC3c3ccccc3)CC2)c1. The average Bonchev–Trinajstić information content (AvgIpc) is 3.37. The Morgan fingerprint density at radius 3 is 2.22 bits per heavy atom. The van der Waals surface area contributed by atoms with Gasteiger partial charge < -0.3 is 9.80 Å². The Morgan fingerprint density at radius 1 is 0.865 bits per heavy atom. The van der Waals surface area contributed by atoms with Crippen molar-refractivity contribution < 1.29 is 13.2 Å². The lowest BCUT2D eigenvalue weighted by Gasteiger charge is -2.38. The Morgan fingerprint density at radius 2 is 1.54 bits per heavy atom. The third-order valence-electron chi connectivity index (χ3n) is 7.58. The number of hydrogen-bond acceptors (Lipinski definition) is 4. The normalized spacial score (nSPS) is 20.8. The van der Waals surface area contributed by atoms with Crippen LogP contribution in [0.15, 0.2) is 77.7 Å². The van der Waals surface area contributed by atoms with E-state index in [0.717, 1.165) is 18.7 Å². The van der Waals surface area contributed by atoms with E-state index in [-0.39, 0.29) is 29.8 Å². The minimum atomic E-state index is -3.75. The van der Waals surface area contributed by atoms with Crippen molar-refractivity contribution >= 4 is 33.2 Å². The van der Waals surface area contributed by atoms with Gasteiger partial charge in [-0.3, -0.25) is 4.79 Å². The van der Waals surface area contributed by atoms with Gasteiger partial charge in [-0.15, -0.1) is 0 Å². The van der Waals surface area contributed by atoms with Gasteiger partial charge >= 0.3 is 0 Å². The molecule has 8 heteroatoms. The van der Waals surface area contributed by atoms with Crippen LogP contribution in [0.25, 0.3) is 0 Å². The molecule has 2 atom stereocenters. The van der Waals surface area contributed by atoms with E-state index in [0.29, 0.717) is 18.1 Å². The Bertz CT molecular complexity index is 1370. The Labute approximate surface area is 224 Å². The number of amides is 1. The molecule has 2 aliphatic rings. The summed E-state index contributed by atoms with van der Waals surface area (Å²) in [5.41, 5.74) is 4.66. The van der Waals surface area contributed by atoms with E-state index in [4.69, 9.17) is 11.6 Å². The molecule has 1 amide bonds. The van der Waals surface area contributed by atoms with E-state index >= 15 is 0 Å². The van der Waals surface area contributed by atoms with Crippen molar-refractivity contribution in [1.82, 2.24) is 9.21 Å². The van der Waals surface area contributed by atoms with Crippen molar-refractivity contribution in [2.24, 2.45) is 5.92 Å². The highest BCUT2D eigenvalue weighted by molar-refractivity contribution is 7.89. The van der Waals surface area contributed by atoms with Gasteiger partial charge in [0.1, 0.15) is 0 Å². The highest BCUT2D eigenvalue weighted by Gasteiger charge is 2.45. The zero-order valence-corrected chi connectivity index (χ0v) is 22.8. The maximum atomic E-state index is 13.9. The number of rotatable bonds is 5. The summed E-state index contributed by atoms with van der Waals surface area (Å²) in [5, 5.41) is 0.482. The monoisotopic (exact) mass is 537 g/mol. The van der Waals surface area contributed by atoms with Crippen LogP contribution >= 0.6 is 11.6 Å². The van der Waals surface area contributed by atoms with Crippen LogP contribution < -0.4 is 4.90 Å². The summed E-state index contributed by atoms with van der Waals surface area (Å²) in [6, 6.07) is 22.5. The van der Waals surface area contributed by atoms with Crippen LogP contribution in [0.1, 0.15) is 22.6 Å². The number of aryl methyl sites for hydroxylation is 2. The third kappa shape index (κ3) is 5.26. The fourth-order valence-electron chi connectivity index (χ4n) is 5.47. The zero-order valence-electron chi connectivity index (χ0n) is 21.2. The second kappa shape index (κ2) is 10.5. The first-order valence-electron chi connectivity index (χ1n) is 12.7. The lowest BCUT2D eigenvalue weighted by atomic mass is 9.88. The van der Waals surface area contributed by atoms with Gasteiger partial charge in [0.05, 0.1) is 10.8 Å². The van der Waals surface area contributed by atoms with Crippen molar-refractivity contribution in [3.63, 3.8) is 0 Å². The molecule has 0 aliphatic carbocycles. The summed E-state index contributed by atoms with van der Waals surface area (Å²) < 4.78 is 28.4. The first-order valence-corrected chi connectivity index (χ1v) is 14.5. The lowest BCUT2D eigenvalue weighted by Crippen LogP contribution is -2.51. The van der Waals surface area contributed by atoms with Crippen molar-refractivity contribution in [3.05, 3.63) is 94.5 Å². The first-order chi connectivity index (χ1) is 17.7. The molecule has 2 fully saturated rings. The van der Waals surface area contributed by atoms with Crippen LogP contribution in [-0.2, 0) is 14.8 Å². The highest BCUT2D eigenvalue weighted by Crippen LogP contribution is 2.37. The fraction of sp³-hybridized carbons (Fsp3) is 0.345. The maximum Gasteiger partial charge on any atom is 0.243 e. The average molecular weight is 538 g/mol. The number of piperazine rings is 1. The Balaban J connectivity index is 1.36. The number of halogens is 1. The smallest absolute Gasteiger partial charge is 0.243 e. The second-order valence-corrected chi connectivity index (χ2v) is 12.4. The summed E-state index contributed by atoms with van der Waals surface area (Å²) in [6.07, 6.45) is 0. The molecular formula is C29H32ClN3O3S. The third-order valence-corrected chi connectivity index (χ3v) is 9.68. The summed E-state index contributed by atoms with van der Waals surface area (Å²) >= 11 is 5.98. The summed E-state index contributed by atoms with van der Waals surface area (Å²) in [5.74, 6) is -0.604. The molecule has 0 aromatic heterocycles. The van der Waals surface area contributed by atoms with E-state index in [9.17, 15) is 13.2 Å². The summed E-state index contributed by atoms with van der Waals surface area (Å²) in [4.78, 5) is 18.3. The predicted octanol–water partition coefficient (Wildman–Crippen LogP) is 4.71. The highest BCUT2D eigenvalue weighted by atomic mass is 35.5. The van der Waals surface area contributed by atoms with Gasteiger partial charge in [-0.2, -0.15) is 4.31 Å². The predicted molar refractivity (Wildman–Crippen MR) is 148 cm³/mol. The van der Waals surface area contributed by atoms with Crippen LogP contribution in [-0.4, -0.2) is 62.8 Å². The number of carbonyl (C=O) groups is 1. The minimum Gasteiger partial charge on any atom is -0.368 e. The van der Waals surface area contributed by atoms with Crippen molar-refractivity contribution in [2.45, 2.75) is 24.7 Å². The zero-order chi connectivity index (χ0) is 26.2. The van der Waals surface area contributed by atoms with E-state index in [1.54, 1.807) is 12.1 Å². The van der Waals surface area contributed by atoms with Crippen molar-refractivity contribution in [1.29, 1.82) is 0 Å². The standard InChI is InChI=1S/C29H32ClN3O3S/c1-21-8-9-22(2)28(18-21)31-14-16-32(17-15-31)29(34)27-20-33(19-26(27)23-6-4-3-5-7-23)37(35,36)25-12-10-24(30)11-13-25/h3-13,18,26-27H,14-17,19-20H2,1-2H3. The largest absolute Gasteiger partial charge is 0.368 e. The summed E-state index contributed by atoms with van der Waals surface area (Å²) in [7, 11) is -3.75. The van der Waals surface area contributed by atoms with Crippen LogP contribution in [0.5, 0.6) is 0 Å². The quantitative estimate of drug-likeness (QED) is 0.473. The molecule has 2 saturated heterocycles. The van der Waals surface area contributed by atoms with Gasteiger partial charge in [-0.1, -0.05) is 54.1 Å². The number of benzene rings is 3. The van der Waals surface area contributed by atoms with Crippen LogP contribution in [0, 0.1) is 19.8 Å². The number of anilines is 1. The van der Waals surface area contributed by atoms with Gasteiger partial charge in [0, 0.05) is 55.9 Å². The second-order valence-electron chi connectivity index (χ2n) is 10.0. The Kier molecular flexibility index (Phi) is 7.30. The molecular weight excluding hydrogens is 506 g/mol. The number of carbonyl (C=O) groups excluding carboxylic acids is 1. The van der Waals surface area contributed by atoms with Crippen LogP contribution in [0.4, 0.5) is 5.69 Å². The van der Waals surface area contributed by atoms with Crippen LogP contribution in [0.2, 0.25) is 5.02 Å². The van der Waals surface area contributed by atoms with Gasteiger partial charge in [0.25, 0.3) is 0 Å². The number of nitrogens with zero attached hydrogens (tertiary/aromatic N) is 3. The molecule has 0 saturated carbocycles. The molecule has 2 aliphatic heterocycles. The molecule has 2 heterocycles. The molecule has 0 bridgehead atoms. The molecule has 0 radical (unpaired) electrons. The van der Waals surface area contributed by atoms with Gasteiger partial charge in [0.15, 0.2) is 0 Å². The minimum absolute atomic E-state index is 0.0308. The molecule has 3 aromatic rings. The van der Waals surface area contributed by atoms with Crippen molar-refractivity contribution in [2.75, 3.05) is 44.2 Å². The number of hydrogen-bond donors (Lipinski definition) is 0. The molecule has 194 valence electrons. The molecule has 2 unspecified atom stereocenters. The van der Waals surface area contributed by atoms with E-state index in [2.05, 4.69) is 36.9 Å². The lowest BCUT2D eigenvalue weighted by molar-refractivity contribution is -0.135. The van der Waals surface area contributed by atoms with Crippen molar-refractivity contribution in [3.8, 4) is 0 Å². The van der Waals surface area contributed by atoms with E-state index < -0.39 is 15.9 Å².